The van der Waals surface area contributed by atoms with Gasteiger partial charge in [-0.3, -0.25) is 4.79 Å². The smallest absolute Gasteiger partial charge is 0.303 e. The van der Waals surface area contributed by atoms with Crippen molar-refractivity contribution in [3.8, 4) is 0 Å². The third-order valence-corrected chi connectivity index (χ3v) is 2.51. The topological polar surface area (TPSA) is 63.1 Å². The first kappa shape index (κ1) is 13.6. The van der Waals surface area contributed by atoms with Gasteiger partial charge >= 0.3 is 5.97 Å². The fourth-order valence-corrected chi connectivity index (χ4v) is 1.74. The number of carboxylic acids is 1. The van der Waals surface area contributed by atoms with Gasteiger partial charge in [0.1, 0.15) is 5.82 Å². The summed E-state index contributed by atoms with van der Waals surface area (Å²) >= 11 is 0. The second-order valence-electron chi connectivity index (χ2n) is 4.73. The third-order valence-electron chi connectivity index (χ3n) is 2.51. The number of carboxylic acid groups (broad SMARTS) is 1. The van der Waals surface area contributed by atoms with Crippen LogP contribution in [0.5, 0.6) is 0 Å². The highest BCUT2D eigenvalue weighted by molar-refractivity contribution is 5.66. The Morgan fingerprint density at radius 3 is 2.76 bits per heavy atom. The molecule has 4 heteroatoms. The zero-order valence-electron chi connectivity index (χ0n) is 10.7. The average Bonchev–Trinajstić information content (AvgIpc) is 2.20. The van der Waals surface area contributed by atoms with Crippen molar-refractivity contribution in [2.75, 3.05) is 0 Å². The molecule has 0 bridgehead atoms. The van der Waals surface area contributed by atoms with E-state index in [9.17, 15) is 4.79 Å². The number of rotatable bonds is 6. The lowest BCUT2D eigenvalue weighted by Crippen LogP contribution is -2.06. The minimum absolute atomic E-state index is 0.203. The van der Waals surface area contributed by atoms with Crippen LogP contribution >= 0.6 is 0 Å². The van der Waals surface area contributed by atoms with Gasteiger partial charge in [-0.2, -0.15) is 0 Å². The maximum absolute atomic E-state index is 10.5. The minimum atomic E-state index is -0.747. The third kappa shape index (κ3) is 4.93. The molecular weight excluding hydrogens is 216 g/mol. The fraction of sp³-hybridized carbons (Fsp3) is 0.615. The summed E-state index contributed by atoms with van der Waals surface area (Å²) in [5.74, 6) is 0.577. The van der Waals surface area contributed by atoms with Crippen molar-refractivity contribution in [3.63, 3.8) is 0 Å². The van der Waals surface area contributed by atoms with Gasteiger partial charge < -0.3 is 5.11 Å². The molecule has 0 saturated heterocycles. The molecule has 1 aromatic rings. The predicted octanol–water partition coefficient (Wildman–Crippen LogP) is 2.39. The molecule has 94 valence electrons. The van der Waals surface area contributed by atoms with Crippen molar-refractivity contribution < 1.29 is 9.90 Å². The number of aliphatic carboxylic acids is 1. The van der Waals surface area contributed by atoms with Gasteiger partial charge in [-0.05, 0) is 37.7 Å². The molecule has 0 spiro atoms. The summed E-state index contributed by atoms with van der Waals surface area (Å²) in [5, 5.41) is 8.62. The molecule has 1 aromatic heterocycles. The molecule has 0 aliphatic carbocycles. The quantitative estimate of drug-likeness (QED) is 0.823. The van der Waals surface area contributed by atoms with Crippen molar-refractivity contribution in [1.29, 1.82) is 0 Å². The van der Waals surface area contributed by atoms with Crippen LogP contribution in [-0.2, 0) is 17.6 Å². The first-order chi connectivity index (χ1) is 7.99. The molecule has 0 atom stereocenters. The Morgan fingerprint density at radius 2 is 2.18 bits per heavy atom. The van der Waals surface area contributed by atoms with Gasteiger partial charge in [0.15, 0.2) is 0 Å². The summed E-state index contributed by atoms with van der Waals surface area (Å²) in [6.07, 6.45) is 4.35. The number of aryl methyl sites for hydroxylation is 2. The molecule has 1 rings (SSSR count). The molecule has 1 heterocycles. The van der Waals surface area contributed by atoms with Gasteiger partial charge in [0.25, 0.3) is 0 Å². The number of carbonyl (C=O) groups is 1. The molecule has 0 fully saturated rings. The Labute approximate surface area is 102 Å². The Kier molecular flexibility index (Phi) is 5.07. The highest BCUT2D eigenvalue weighted by Crippen LogP contribution is 2.13. The summed E-state index contributed by atoms with van der Waals surface area (Å²) in [6, 6.07) is 0. The van der Waals surface area contributed by atoms with Crippen LogP contribution in [0.2, 0.25) is 0 Å². The normalized spacial score (nSPS) is 10.8. The monoisotopic (exact) mass is 236 g/mol. The number of hydrogen-bond acceptors (Lipinski definition) is 3. The van der Waals surface area contributed by atoms with E-state index in [1.165, 1.54) is 0 Å². The predicted molar refractivity (Wildman–Crippen MR) is 65.9 cm³/mol. The maximum Gasteiger partial charge on any atom is 0.303 e. The Balaban J connectivity index is 2.72. The van der Waals surface area contributed by atoms with Crippen molar-refractivity contribution in [1.82, 2.24) is 9.97 Å². The van der Waals surface area contributed by atoms with Crippen LogP contribution in [0.4, 0.5) is 0 Å². The van der Waals surface area contributed by atoms with Crippen LogP contribution in [0.25, 0.3) is 0 Å². The molecule has 0 unspecified atom stereocenters. The van der Waals surface area contributed by atoms with Crippen LogP contribution in [0.1, 0.15) is 43.8 Å². The highest BCUT2D eigenvalue weighted by atomic mass is 16.4. The van der Waals surface area contributed by atoms with Crippen molar-refractivity contribution in [2.24, 2.45) is 5.92 Å². The van der Waals surface area contributed by atoms with E-state index in [2.05, 4.69) is 23.8 Å². The summed E-state index contributed by atoms with van der Waals surface area (Å²) in [4.78, 5) is 19.1. The first-order valence-corrected chi connectivity index (χ1v) is 6.02. The summed E-state index contributed by atoms with van der Waals surface area (Å²) in [6.45, 7) is 6.18. The van der Waals surface area contributed by atoms with E-state index in [4.69, 9.17) is 5.11 Å². The molecule has 0 aromatic carbocycles. The van der Waals surface area contributed by atoms with Gasteiger partial charge in [0.05, 0.1) is 0 Å². The van der Waals surface area contributed by atoms with E-state index in [0.717, 1.165) is 29.9 Å². The van der Waals surface area contributed by atoms with Crippen molar-refractivity contribution in [2.45, 2.75) is 46.5 Å². The SMILES string of the molecule is Cc1ncc(CCCC(=O)O)c(CC(C)C)n1. The van der Waals surface area contributed by atoms with Crippen molar-refractivity contribution >= 4 is 5.97 Å². The van der Waals surface area contributed by atoms with E-state index in [1.54, 1.807) is 0 Å². The summed E-state index contributed by atoms with van der Waals surface area (Å²) < 4.78 is 0. The number of aromatic nitrogens is 2. The molecule has 17 heavy (non-hydrogen) atoms. The van der Waals surface area contributed by atoms with Gasteiger partial charge in [-0.1, -0.05) is 13.8 Å². The fourth-order valence-electron chi connectivity index (χ4n) is 1.74. The molecule has 0 aliphatic heterocycles. The summed E-state index contributed by atoms with van der Waals surface area (Å²) in [5.41, 5.74) is 2.16. The molecule has 0 radical (unpaired) electrons. The lowest BCUT2D eigenvalue weighted by Gasteiger charge is -2.10. The molecule has 0 amide bonds. The van der Waals surface area contributed by atoms with Gasteiger partial charge in [0.2, 0.25) is 0 Å². The first-order valence-electron chi connectivity index (χ1n) is 6.02. The zero-order valence-corrected chi connectivity index (χ0v) is 10.7. The number of hydrogen-bond donors (Lipinski definition) is 1. The summed E-state index contributed by atoms with van der Waals surface area (Å²) in [7, 11) is 0. The van der Waals surface area contributed by atoms with E-state index >= 15 is 0 Å². The lowest BCUT2D eigenvalue weighted by molar-refractivity contribution is -0.137. The van der Waals surface area contributed by atoms with Crippen LogP contribution < -0.4 is 0 Å². The van der Waals surface area contributed by atoms with Crippen molar-refractivity contribution in [3.05, 3.63) is 23.3 Å². The van der Waals surface area contributed by atoms with Crippen LogP contribution in [-0.4, -0.2) is 21.0 Å². The molecule has 0 aliphatic rings. The number of nitrogens with zero attached hydrogens (tertiary/aromatic N) is 2. The average molecular weight is 236 g/mol. The second kappa shape index (κ2) is 6.33. The standard InChI is InChI=1S/C13H20N2O2/c1-9(2)7-12-11(5-4-6-13(16)17)8-14-10(3)15-12/h8-9H,4-7H2,1-3H3,(H,16,17). The van der Waals surface area contributed by atoms with E-state index in [0.29, 0.717) is 12.3 Å². The van der Waals surface area contributed by atoms with E-state index < -0.39 is 5.97 Å². The largest absolute Gasteiger partial charge is 0.481 e. The Morgan fingerprint density at radius 1 is 1.47 bits per heavy atom. The Hall–Kier alpha value is -1.45. The zero-order chi connectivity index (χ0) is 12.8. The van der Waals surface area contributed by atoms with E-state index in [1.807, 2.05) is 13.1 Å². The van der Waals surface area contributed by atoms with Gasteiger partial charge in [-0.25, -0.2) is 9.97 Å². The molecule has 4 nitrogen and oxygen atoms in total. The second-order valence-corrected chi connectivity index (χ2v) is 4.73. The molecular formula is C13H20N2O2. The van der Waals surface area contributed by atoms with Gasteiger partial charge in [-0.15, -0.1) is 0 Å². The lowest BCUT2D eigenvalue weighted by atomic mass is 10.0. The minimum Gasteiger partial charge on any atom is -0.481 e. The van der Waals surface area contributed by atoms with Crippen LogP contribution in [0, 0.1) is 12.8 Å². The Bertz CT molecular complexity index is 389. The van der Waals surface area contributed by atoms with Gasteiger partial charge in [0, 0.05) is 18.3 Å². The molecule has 0 saturated carbocycles. The maximum atomic E-state index is 10.5. The highest BCUT2D eigenvalue weighted by Gasteiger charge is 2.08. The van der Waals surface area contributed by atoms with Crippen LogP contribution in [0.3, 0.4) is 0 Å². The molecule has 1 N–H and O–H groups in total. The van der Waals surface area contributed by atoms with E-state index in [-0.39, 0.29) is 6.42 Å². The van der Waals surface area contributed by atoms with Crippen LogP contribution in [0.15, 0.2) is 6.20 Å².